The van der Waals surface area contributed by atoms with Crippen LogP contribution in [0.5, 0.6) is 0 Å². The monoisotopic (exact) mass is 399 g/mol. The van der Waals surface area contributed by atoms with Gasteiger partial charge in [0, 0.05) is 24.5 Å². The summed E-state index contributed by atoms with van der Waals surface area (Å²) in [6.45, 7) is 0.545. The molecule has 25 heavy (non-hydrogen) atoms. The SMILES string of the molecule is CN(C)C(CNC(=O)c1c(Br)c2ccccc2n1C)c1ccccc1. The second kappa shape index (κ2) is 7.42. The van der Waals surface area contributed by atoms with Gasteiger partial charge in [-0.2, -0.15) is 0 Å². The zero-order chi connectivity index (χ0) is 18.0. The van der Waals surface area contributed by atoms with E-state index in [9.17, 15) is 4.79 Å². The van der Waals surface area contributed by atoms with Gasteiger partial charge in [-0.3, -0.25) is 4.79 Å². The average molecular weight is 400 g/mol. The zero-order valence-electron chi connectivity index (χ0n) is 14.7. The first-order valence-corrected chi connectivity index (χ1v) is 9.02. The quantitative estimate of drug-likeness (QED) is 0.704. The van der Waals surface area contributed by atoms with Gasteiger partial charge in [0.25, 0.3) is 5.91 Å². The zero-order valence-corrected chi connectivity index (χ0v) is 16.2. The fraction of sp³-hybridized carbons (Fsp3) is 0.250. The van der Waals surface area contributed by atoms with Crippen molar-refractivity contribution in [3.63, 3.8) is 0 Å². The summed E-state index contributed by atoms with van der Waals surface area (Å²) in [5, 5.41) is 4.13. The van der Waals surface area contributed by atoms with Crippen LogP contribution in [0.25, 0.3) is 10.9 Å². The first kappa shape index (κ1) is 17.7. The van der Waals surface area contributed by atoms with Gasteiger partial charge in [-0.05, 0) is 41.7 Å². The van der Waals surface area contributed by atoms with E-state index in [-0.39, 0.29) is 11.9 Å². The largest absolute Gasteiger partial charge is 0.349 e. The van der Waals surface area contributed by atoms with Gasteiger partial charge in [-0.15, -0.1) is 0 Å². The van der Waals surface area contributed by atoms with Crippen LogP contribution in [0.15, 0.2) is 59.1 Å². The van der Waals surface area contributed by atoms with E-state index in [1.54, 1.807) is 0 Å². The van der Waals surface area contributed by atoms with E-state index in [4.69, 9.17) is 0 Å². The Hall–Kier alpha value is -2.11. The van der Waals surface area contributed by atoms with Crippen LogP contribution in [0.2, 0.25) is 0 Å². The van der Waals surface area contributed by atoms with Gasteiger partial charge in [0.1, 0.15) is 5.69 Å². The molecule has 0 fully saturated rings. The van der Waals surface area contributed by atoms with Gasteiger partial charge in [-0.25, -0.2) is 0 Å². The fourth-order valence-corrected chi connectivity index (χ4v) is 3.93. The molecule has 0 aliphatic heterocycles. The van der Waals surface area contributed by atoms with Crippen molar-refractivity contribution in [1.29, 1.82) is 0 Å². The van der Waals surface area contributed by atoms with Crippen molar-refractivity contribution >= 4 is 32.7 Å². The molecular weight excluding hydrogens is 378 g/mol. The lowest BCUT2D eigenvalue weighted by molar-refractivity contribution is 0.0933. The van der Waals surface area contributed by atoms with E-state index in [1.165, 1.54) is 5.56 Å². The number of para-hydroxylation sites is 1. The van der Waals surface area contributed by atoms with Crippen molar-refractivity contribution < 1.29 is 4.79 Å². The van der Waals surface area contributed by atoms with Crippen molar-refractivity contribution in [3.8, 4) is 0 Å². The minimum absolute atomic E-state index is 0.0756. The summed E-state index contributed by atoms with van der Waals surface area (Å²) in [4.78, 5) is 15.0. The first-order valence-electron chi connectivity index (χ1n) is 8.23. The molecule has 0 aliphatic carbocycles. The topological polar surface area (TPSA) is 37.3 Å². The summed E-state index contributed by atoms with van der Waals surface area (Å²) < 4.78 is 2.77. The number of benzene rings is 2. The van der Waals surface area contributed by atoms with Crippen molar-refractivity contribution in [2.75, 3.05) is 20.6 Å². The van der Waals surface area contributed by atoms with Crippen LogP contribution in [-0.4, -0.2) is 36.0 Å². The summed E-state index contributed by atoms with van der Waals surface area (Å²) in [5.41, 5.74) is 2.86. The second-order valence-corrected chi connectivity index (χ2v) is 7.13. The number of aromatic nitrogens is 1. The number of nitrogens with one attached hydrogen (secondary N) is 1. The molecule has 5 heteroatoms. The van der Waals surface area contributed by atoms with Gasteiger partial charge in [0.2, 0.25) is 0 Å². The molecule has 3 rings (SSSR count). The Bertz CT molecular complexity index is 848. The molecule has 0 saturated carbocycles. The van der Waals surface area contributed by atoms with Crippen molar-refractivity contribution in [2.45, 2.75) is 6.04 Å². The molecule has 0 radical (unpaired) electrons. The molecule has 1 atom stereocenters. The smallest absolute Gasteiger partial charge is 0.269 e. The number of hydrogen-bond acceptors (Lipinski definition) is 2. The van der Waals surface area contributed by atoms with Crippen LogP contribution >= 0.6 is 15.9 Å². The van der Waals surface area contributed by atoms with Gasteiger partial charge in [0.05, 0.1) is 10.5 Å². The molecule has 1 unspecified atom stereocenters. The third-order valence-electron chi connectivity index (χ3n) is 4.52. The highest BCUT2D eigenvalue weighted by molar-refractivity contribution is 9.10. The lowest BCUT2D eigenvalue weighted by Crippen LogP contribution is -2.35. The third-order valence-corrected chi connectivity index (χ3v) is 5.33. The van der Waals surface area contributed by atoms with Crippen molar-refractivity contribution in [2.24, 2.45) is 7.05 Å². The maximum atomic E-state index is 12.8. The molecule has 0 saturated heterocycles. The molecule has 0 spiro atoms. The highest BCUT2D eigenvalue weighted by Crippen LogP contribution is 2.30. The minimum atomic E-state index is -0.0756. The number of halogens is 1. The molecule has 4 nitrogen and oxygen atoms in total. The maximum absolute atomic E-state index is 12.8. The Kier molecular flexibility index (Phi) is 5.25. The van der Waals surface area contributed by atoms with Crippen LogP contribution in [0.4, 0.5) is 0 Å². The molecule has 3 aromatic rings. The molecule has 1 aromatic heterocycles. The number of nitrogens with zero attached hydrogens (tertiary/aromatic N) is 2. The summed E-state index contributed by atoms with van der Waals surface area (Å²) in [6.07, 6.45) is 0. The number of rotatable bonds is 5. The number of likely N-dealkylation sites (N-methyl/N-ethyl adjacent to an activating group) is 1. The molecule has 130 valence electrons. The van der Waals surface area contributed by atoms with Crippen LogP contribution < -0.4 is 5.32 Å². The highest BCUT2D eigenvalue weighted by Gasteiger charge is 2.21. The minimum Gasteiger partial charge on any atom is -0.349 e. The van der Waals surface area contributed by atoms with Gasteiger partial charge >= 0.3 is 0 Å². The normalized spacial score (nSPS) is 12.5. The number of carbonyl (C=O) groups excluding carboxylic acids is 1. The van der Waals surface area contributed by atoms with Crippen LogP contribution in [0.3, 0.4) is 0 Å². The summed E-state index contributed by atoms with van der Waals surface area (Å²) in [7, 11) is 5.97. The number of fused-ring (bicyclic) bond motifs is 1. The average Bonchev–Trinajstić information content (AvgIpc) is 2.87. The predicted octanol–water partition coefficient (Wildman–Crippen LogP) is 3.97. The number of carbonyl (C=O) groups is 1. The molecule has 1 amide bonds. The van der Waals surface area contributed by atoms with Crippen molar-refractivity contribution in [1.82, 2.24) is 14.8 Å². The lowest BCUT2D eigenvalue weighted by atomic mass is 10.1. The number of aryl methyl sites for hydroxylation is 1. The van der Waals surface area contributed by atoms with E-state index in [2.05, 4.69) is 38.3 Å². The molecule has 1 N–H and O–H groups in total. The Morgan fingerprint density at radius 2 is 1.76 bits per heavy atom. The molecular formula is C20H22BrN3O. The van der Waals surface area contributed by atoms with E-state index in [0.29, 0.717) is 12.2 Å². The molecule has 1 heterocycles. The maximum Gasteiger partial charge on any atom is 0.269 e. The van der Waals surface area contributed by atoms with Gasteiger partial charge < -0.3 is 14.8 Å². The summed E-state index contributed by atoms with van der Waals surface area (Å²) >= 11 is 3.59. The number of hydrogen-bond donors (Lipinski definition) is 1. The van der Waals surface area contributed by atoms with E-state index >= 15 is 0 Å². The Morgan fingerprint density at radius 3 is 2.40 bits per heavy atom. The Morgan fingerprint density at radius 1 is 1.12 bits per heavy atom. The third kappa shape index (κ3) is 3.48. The van der Waals surface area contributed by atoms with Crippen LogP contribution in [0.1, 0.15) is 22.1 Å². The summed E-state index contributed by atoms with van der Waals surface area (Å²) in [6, 6.07) is 18.3. The Balaban J connectivity index is 1.83. The van der Waals surface area contributed by atoms with Gasteiger partial charge in [0.15, 0.2) is 0 Å². The van der Waals surface area contributed by atoms with E-state index < -0.39 is 0 Å². The van der Waals surface area contributed by atoms with E-state index in [1.807, 2.05) is 68.2 Å². The molecule has 0 bridgehead atoms. The first-order chi connectivity index (χ1) is 12.0. The molecule has 0 aliphatic rings. The van der Waals surface area contributed by atoms with E-state index in [0.717, 1.165) is 15.4 Å². The standard InChI is InChI=1S/C20H22BrN3O/c1-23(2)17(14-9-5-4-6-10-14)13-22-20(25)19-18(21)15-11-7-8-12-16(15)24(19)3/h4-12,17H,13H2,1-3H3,(H,22,25). The predicted molar refractivity (Wildman–Crippen MR) is 106 cm³/mol. The van der Waals surface area contributed by atoms with Crippen molar-refractivity contribution in [3.05, 3.63) is 70.3 Å². The van der Waals surface area contributed by atoms with Crippen LogP contribution in [-0.2, 0) is 7.05 Å². The van der Waals surface area contributed by atoms with Crippen LogP contribution in [0, 0.1) is 0 Å². The number of amides is 1. The fourth-order valence-electron chi connectivity index (χ4n) is 3.15. The lowest BCUT2D eigenvalue weighted by Gasteiger charge is -2.25. The van der Waals surface area contributed by atoms with Gasteiger partial charge in [-0.1, -0.05) is 48.5 Å². The molecule has 2 aromatic carbocycles. The highest BCUT2D eigenvalue weighted by atomic mass is 79.9. The Labute approximate surface area is 156 Å². The second-order valence-electron chi connectivity index (χ2n) is 6.34. The summed E-state index contributed by atoms with van der Waals surface area (Å²) in [5.74, 6) is -0.0756.